The van der Waals surface area contributed by atoms with E-state index < -0.39 is 0 Å². The number of likely N-dealkylation sites (tertiary alicyclic amines) is 1. The van der Waals surface area contributed by atoms with E-state index in [1.807, 2.05) is 6.92 Å². The molecule has 1 aliphatic carbocycles. The lowest BCUT2D eigenvalue weighted by Gasteiger charge is -2.29. The van der Waals surface area contributed by atoms with Crippen molar-refractivity contribution in [3.63, 3.8) is 0 Å². The molecule has 2 fully saturated rings. The van der Waals surface area contributed by atoms with Gasteiger partial charge in [-0.05, 0) is 24.7 Å². The Labute approximate surface area is 120 Å². The number of nitrogens with two attached hydrogens (primary N) is 1. The molecule has 0 spiro atoms. The van der Waals surface area contributed by atoms with Gasteiger partial charge in [-0.2, -0.15) is 4.98 Å². The summed E-state index contributed by atoms with van der Waals surface area (Å²) in [5, 5.41) is 4.03. The van der Waals surface area contributed by atoms with Gasteiger partial charge in [0, 0.05) is 25.6 Å². The van der Waals surface area contributed by atoms with Gasteiger partial charge in [0.25, 0.3) is 0 Å². The molecule has 1 saturated heterocycles. The topological polar surface area (TPSA) is 68.2 Å². The Morgan fingerprint density at radius 2 is 2.21 bits per heavy atom. The van der Waals surface area contributed by atoms with Crippen molar-refractivity contribution in [2.45, 2.75) is 45.2 Å². The lowest BCUT2D eigenvalue weighted by atomic mass is 9.78. The number of hydrogen-bond donors (Lipinski definition) is 1. The Morgan fingerprint density at radius 3 is 2.89 bits per heavy atom. The first-order valence-electron chi connectivity index (χ1n) is 7.05. The SMILES string of the molecule is CCc1nc(CN2CC3CCCC(N)C3C2)no1.Cl. The largest absolute Gasteiger partial charge is 0.339 e. The van der Waals surface area contributed by atoms with Crippen molar-refractivity contribution < 1.29 is 4.52 Å². The van der Waals surface area contributed by atoms with E-state index in [1.54, 1.807) is 0 Å². The molecule has 3 unspecified atom stereocenters. The number of aromatic nitrogens is 2. The van der Waals surface area contributed by atoms with Crippen molar-refractivity contribution in [2.75, 3.05) is 13.1 Å². The fourth-order valence-electron chi connectivity index (χ4n) is 3.44. The second-order valence-electron chi connectivity index (χ2n) is 5.67. The standard InChI is InChI=1S/C13H22N4O.ClH/c1-2-13-15-12(16-18-13)8-17-6-9-4-3-5-11(14)10(9)7-17;/h9-11H,2-8,14H2,1H3;1H. The van der Waals surface area contributed by atoms with Crippen LogP contribution in [0.15, 0.2) is 4.52 Å². The Bertz CT molecular complexity index is 411. The maximum atomic E-state index is 6.22. The van der Waals surface area contributed by atoms with Crippen molar-refractivity contribution in [1.82, 2.24) is 15.0 Å². The average molecular weight is 287 g/mol. The van der Waals surface area contributed by atoms with E-state index in [4.69, 9.17) is 10.3 Å². The summed E-state index contributed by atoms with van der Waals surface area (Å²) in [6, 6.07) is 0.394. The lowest BCUT2D eigenvalue weighted by Crippen LogP contribution is -2.38. The zero-order valence-corrected chi connectivity index (χ0v) is 12.2. The van der Waals surface area contributed by atoms with Crippen LogP contribution in [0, 0.1) is 11.8 Å². The first-order valence-corrected chi connectivity index (χ1v) is 7.05. The average Bonchev–Trinajstić information content (AvgIpc) is 2.96. The van der Waals surface area contributed by atoms with Gasteiger partial charge in [0.1, 0.15) is 0 Å². The van der Waals surface area contributed by atoms with Crippen LogP contribution in [-0.2, 0) is 13.0 Å². The zero-order valence-electron chi connectivity index (χ0n) is 11.4. The van der Waals surface area contributed by atoms with Gasteiger partial charge in [-0.3, -0.25) is 4.90 Å². The molecule has 0 bridgehead atoms. The molecule has 2 N–H and O–H groups in total. The highest BCUT2D eigenvalue weighted by Crippen LogP contribution is 2.35. The van der Waals surface area contributed by atoms with E-state index in [9.17, 15) is 0 Å². The fraction of sp³-hybridized carbons (Fsp3) is 0.846. The molecule has 1 aliphatic heterocycles. The van der Waals surface area contributed by atoms with Crippen LogP contribution in [0.5, 0.6) is 0 Å². The summed E-state index contributed by atoms with van der Waals surface area (Å²) in [7, 11) is 0. The molecular formula is C13H23ClN4O. The molecule has 19 heavy (non-hydrogen) atoms. The molecule has 2 aliphatic rings. The minimum absolute atomic E-state index is 0. The van der Waals surface area contributed by atoms with Gasteiger partial charge in [0.2, 0.25) is 5.89 Å². The van der Waals surface area contributed by atoms with Crippen LogP contribution in [0.4, 0.5) is 0 Å². The van der Waals surface area contributed by atoms with Crippen molar-refractivity contribution in [3.05, 3.63) is 11.7 Å². The van der Waals surface area contributed by atoms with Crippen molar-refractivity contribution >= 4 is 12.4 Å². The van der Waals surface area contributed by atoms with Crippen LogP contribution in [0.25, 0.3) is 0 Å². The second-order valence-corrected chi connectivity index (χ2v) is 5.67. The highest BCUT2D eigenvalue weighted by atomic mass is 35.5. The molecule has 3 atom stereocenters. The van der Waals surface area contributed by atoms with Crippen molar-refractivity contribution in [1.29, 1.82) is 0 Å². The van der Waals surface area contributed by atoms with Crippen LogP contribution in [0.3, 0.4) is 0 Å². The third-order valence-electron chi connectivity index (χ3n) is 4.41. The highest BCUT2D eigenvalue weighted by molar-refractivity contribution is 5.85. The Morgan fingerprint density at radius 1 is 1.37 bits per heavy atom. The number of fused-ring (bicyclic) bond motifs is 1. The van der Waals surface area contributed by atoms with Gasteiger partial charge in [-0.15, -0.1) is 12.4 Å². The van der Waals surface area contributed by atoms with E-state index in [1.165, 1.54) is 19.3 Å². The minimum Gasteiger partial charge on any atom is -0.339 e. The van der Waals surface area contributed by atoms with E-state index in [0.29, 0.717) is 12.0 Å². The van der Waals surface area contributed by atoms with E-state index in [0.717, 1.165) is 43.7 Å². The van der Waals surface area contributed by atoms with E-state index in [-0.39, 0.29) is 12.4 Å². The molecule has 0 aromatic carbocycles. The molecule has 108 valence electrons. The molecule has 6 heteroatoms. The Hall–Kier alpha value is -0.650. The minimum atomic E-state index is 0. The van der Waals surface area contributed by atoms with Crippen LogP contribution in [0.2, 0.25) is 0 Å². The van der Waals surface area contributed by atoms with Crippen LogP contribution in [-0.4, -0.2) is 34.2 Å². The fourth-order valence-corrected chi connectivity index (χ4v) is 3.44. The normalized spacial score (nSPS) is 30.9. The lowest BCUT2D eigenvalue weighted by molar-refractivity contribution is 0.258. The summed E-state index contributed by atoms with van der Waals surface area (Å²) in [5.41, 5.74) is 6.22. The summed E-state index contributed by atoms with van der Waals surface area (Å²) in [6.07, 6.45) is 4.63. The zero-order chi connectivity index (χ0) is 12.5. The number of rotatable bonds is 3. The quantitative estimate of drug-likeness (QED) is 0.914. The van der Waals surface area contributed by atoms with Gasteiger partial charge in [-0.25, -0.2) is 0 Å². The predicted octanol–water partition coefficient (Wildman–Crippen LogP) is 1.61. The first-order chi connectivity index (χ1) is 8.76. The molecule has 0 radical (unpaired) electrons. The highest BCUT2D eigenvalue weighted by Gasteiger charge is 2.38. The van der Waals surface area contributed by atoms with Gasteiger partial charge in [-0.1, -0.05) is 18.5 Å². The molecule has 1 aromatic rings. The van der Waals surface area contributed by atoms with Gasteiger partial charge < -0.3 is 10.3 Å². The maximum absolute atomic E-state index is 6.22. The summed E-state index contributed by atoms with van der Waals surface area (Å²) >= 11 is 0. The van der Waals surface area contributed by atoms with Crippen LogP contribution >= 0.6 is 12.4 Å². The molecule has 5 nitrogen and oxygen atoms in total. The van der Waals surface area contributed by atoms with Gasteiger partial charge in [0.05, 0.1) is 6.54 Å². The van der Waals surface area contributed by atoms with Gasteiger partial charge in [0.15, 0.2) is 5.82 Å². The smallest absolute Gasteiger partial charge is 0.226 e. The van der Waals surface area contributed by atoms with Crippen molar-refractivity contribution in [3.8, 4) is 0 Å². The molecule has 2 heterocycles. The molecule has 1 aromatic heterocycles. The summed E-state index contributed by atoms with van der Waals surface area (Å²) < 4.78 is 5.15. The number of hydrogen-bond acceptors (Lipinski definition) is 5. The molecule has 1 saturated carbocycles. The van der Waals surface area contributed by atoms with E-state index >= 15 is 0 Å². The second kappa shape index (κ2) is 6.20. The van der Waals surface area contributed by atoms with Crippen molar-refractivity contribution in [2.24, 2.45) is 17.6 Å². The third kappa shape index (κ3) is 3.09. The van der Waals surface area contributed by atoms with Gasteiger partial charge >= 0.3 is 0 Å². The molecular weight excluding hydrogens is 264 g/mol. The summed E-state index contributed by atoms with van der Waals surface area (Å²) in [5.74, 6) is 3.01. The van der Waals surface area contributed by atoms with Crippen LogP contribution < -0.4 is 5.73 Å². The Kier molecular flexibility index (Phi) is 4.81. The predicted molar refractivity (Wildman–Crippen MR) is 75.0 cm³/mol. The van der Waals surface area contributed by atoms with Crippen LogP contribution in [0.1, 0.15) is 37.9 Å². The number of halogens is 1. The number of aryl methyl sites for hydroxylation is 1. The molecule has 0 amide bonds. The molecule has 3 rings (SSSR count). The monoisotopic (exact) mass is 286 g/mol. The number of nitrogens with zero attached hydrogens (tertiary/aromatic N) is 3. The first kappa shape index (κ1) is 14.8. The maximum Gasteiger partial charge on any atom is 0.226 e. The summed E-state index contributed by atoms with van der Waals surface area (Å²) in [6.45, 7) is 5.08. The Balaban J connectivity index is 0.00000133. The third-order valence-corrected chi connectivity index (χ3v) is 4.41. The summed E-state index contributed by atoms with van der Waals surface area (Å²) in [4.78, 5) is 6.81. The van der Waals surface area contributed by atoms with E-state index in [2.05, 4.69) is 15.0 Å².